The minimum atomic E-state index is 0.330. The summed E-state index contributed by atoms with van der Waals surface area (Å²) in [5.74, 6) is 1.50. The molecule has 1 aliphatic rings. The molecule has 0 radical (unpaired) electrons. The Balaban J connectivity index is 1.93. The third-order valence-electron chi connectivity index (χ3n) is 4.28. The minimum absolute atomic E-state index is 0.330. The topological polar surface area (TPSA) is 29.9 Å². The highest BCUT2D eigenvalue weighted by Gasteiger charge is 2.28. The predicted molar refractivity (Wildman–Crippen MR) is 86.9 cm³/mol. The van der Waals surface area contributed by atoms with Crippen LogP contribution >= 0.6 is 0 Å². The highest BCUT2D eigenvalue weighted by atomic mass is 15.1. The van der Waals surface area contributed by atoms with Gasteiger partial charge in [0.05, 0.1) is 17.0 Å². The molecule has 0 saturated heterocycles. The Bertz CT molecular complexity index is 801. The smallest absolute Gasteiger partial charge is 0.119 e. The van der Waals surface area contributed by atoms with Crippen LogP contribution in [0.5, 0.6) is 0 Å². The standard InChI is InChI=1S/C18H19N3/c1-12(2)21-17-10-6-5-9-16(17)20-18(21)14-11-19-15-8-4-3-7-13(14)15/h3-10,12,14,19H,11H2,1-2H3. The van der Waals surface area contributed by atoms with Gasteiger partial charge >= 0.3 is 0 Å². The van der Waals surface area contributed by atoms with Crippen molar-refractivity contribution in [2.45, 2.75) is 25.8 Å². The lowest BCUT2D eigenvalue weighted by Crippen LogP contribution is -2.13. The zero-order valence-corrected chi connectivity index (χ0v) is 12.4. The molecule has 0 saturated carbocycles. The Labute approximate surface area is 124 Å². The van der Waals surface area contributed by atoms with Crippen molar-refractivity contribution >= 4 is 16.7 Å². The zero-order chi connectivity index (χ0) is 14.4. The number of nitrogens with zero attached hydrogens (tertiary/aromatic N) is 2. The van der Waals surface area contributed by atoms with Gasteiger partial charge < -0.3 is 9.88 Å². The van der Waals surface area contributed by atoms with Gasteiger partial charge in [0.25, 0.3) is 0 Å². The molecule has 0 fully saturated rings. The fraction of sp³-hybridized carbons (Fsp3) is 0.278. The van der Waals surface area contributed by atoms with Crippen molar-refractivity contribution in [2.75, 3.05) is 11.9 Å². The lowest BCUT2D eigenvalue weighted by Gasteiger charge is -2.17. The quantitative estimate of drug-likeness (QED) is 0.761. The van der Waals surface area contributed by atoms with Crippen LogP contribution in [-0.4, -0.2) is 16.1 Å². The van der Waals surface area contributed by atoms with Crippen LogP contribution in [0.2, 0.25) is 0 Å². The summed E-state index contributed by atoms with van der Waals surface area (Å²) in [6.45, 7) is 5.38. The summed E-state index contributed by atoms with van der Waals surface area (Å²) in [6, 6.07) is 17.4. The second kappa shape index (κ2) is 4.62. The van der Waals surface area contributed by atoms with E-state index in [9.17, 15) is 0 Å². The largest absolute Gasteiger partial charge is 0.384 e. The molecular weight excluding hydrogens is 258 g/mol. The number of hydrogen-bond acceptors (Lipinski definition) is 2. The molecule has 0 aliphatic carbocycles. The Morgan fingerprint density at radius 3 is 2.71 bits per heavy atom. The van der Waals surface area contributed by atoms with E-state index < -0.39 is 0 Å². The van der Waals surface area contributed by atoms with Crippen LogP contribution in [0.1, 0.15) is 37.2 Å². The van der Waals surface area contributed by atoms with E-state index >= 15 is 0 Å². The average molecular weight is 277 g/mol. The van der Waals surface area contributed by atoms with Gasteiger partial charge in [-0.15, -0.1) is 0 Å². The van der Waals surface area contributed by atoms with Gasteiger partial charge in [-0.1, -0.05) is 30.3 Å². The molecular formula is C18H19N3. The van der Waals surface area contributed by atoms with Crippen molar-refractivity contribution < 1.29 is 0 Å². The molecule has 21 heavy (non-hydrogen) atoms. The summed E-state index contributed by atoms with van der Waals surface area (Å²) in [7, 11) is 0. The van der Waals surface area contributed by atoms with E-state index in [0.29, 0.717) is 12.0 Å². The van der Waals surface area contributed by atoms with Gasteiger partial charge in [0.15, 0.2) is 0 Å². The van der Waals surface area contributed by atoms with Crippen LogP contribution in [0, 0.1) is 0 Å². The second-order valence-electron chi connectivity index (χ2n) is 5.94. The third-order valence-corrected chi connectivity index (χ3v) is 4.28. The van der Waals surface area contributed by atoms with Crippen molar-refractivity contribution in [3.8, 4) is 0 Å². The third kappa shape index (κ3) is 1.84. The van der Waals surface area contributed by atoms with Crippen LogP contribution < -0.4 is 5.32 Å². The molecule has 2 heterocycles. The summed E-state index contributed by atoms with van der Waals surface area (Å²) in [5.41, 5.74) is 4.91. The maximum absolute atomic E-state index is 4.94. The first-order chi connectivity index (χ1) is 10.3. The molecule has 1 atom stereocenters. The Hall–Kier alpha value is -2.29. The average Bonchev–Trinajstić information content (AvgIpc) is 3.08. The second-order valence-corrected chi connectivity index (χ2v) is 5.94. The first kappa shape index (κ1) is 12.5. The SMILES string of the molecule is CC(C)n1c(C2CNc3ccccc32)nc2ccccc21. The molecule has 0 bridgehead atoms. The Kier molecular flexibility index (Phi) is 2.74. The fourth-order valence-corrected chi connectivity index (χ4v) is 3.37. The van der Waals surface area contributed by atoms with E-state index in [1.807, 2.05) is 0 Å². The number of imidazole rings is 1. The van der Waals surface area contributed by atoms with Crippen molar-refractivity contribution in [1.29, 1.82) is 0 Å². The van der Waals surface area contributed by atoms with Crippen LogP contribution in [0.3, 0.4) is 0 Å². The first-order valence-electron chi connectivity index (χ1n) is 7.55. The van der Waals surface area contributed by atoms with Gasteiger partial charge in [0, 0.05) is 18.3 Å². The minimum Gasteiger partial charge on any atom is -0.384 e. The first-order valence-corrected chi connectivity index (χ1v) is 7.55. The molecule has 106 valence electrons. The molecule has 3 nitrogen and oxygen atoms in total. The number of para-hydroxylation sites is 3. The summed E-state index contributed by atoms with van der Waals surface area (Å²) in [6.07, 6.45) is 0. The molecule has 1 aromatic heterocycles. The molecule has 4 rings (SSSR count). The van der Waals surface area contributed by atoms with Crippen LogP contribution in [-0.2, 0) is 0 Å². The molecule has 2 aromatic carbocycles. The molecule has 0 amide bonds. The maximum Gasteiger partial charge on any atom is 0.119 e. The molecule has 1 N–H and O–H groups in total. The van der Waals surface area contributed by atoms with E-state index in [1.165, 1.54) is 22.6 Å². The van der Waals surface area contributed by atoms with Gasteiger partial charge in [-0.3, -0.25) is 0 Å². The van der Waals surface area contributed by atoms with Gasteiger partial charge in [-0.05, 0) is 37.6 Å². The van der Waals surface area contributed by atoms with Crippen LogP contribution in [0.15, 0.2) is 48.5 Å². The van der Waals surface area contributed by atoms with E-state index in [-0.39, 0.29) is 0 Å². The lowest BCUT2D eigenvalue weighted by molar-refractivity contribution is 0.572. The van der Waals surface area contributed by atoms with Crippen molar-refractivity contribution in [1.82, 2.24) is 9.55 Å². The number of aromatic nitrogens is 2. The molecule has 3 aromatic rings. The van der Waals surface area contributed by atoms with E-state index in [2.05, 4.69) is 72.3 Å². The predicted octanol–water partition coefficient (Wildman–Crippen LogP) is 4.17. The Morgan fingerprint density at radius 2 is 1.86 bits per heavy atom. The zero-order valence-electron chi connectivity index (χ0n) is 12.4. The van der Waals surface area contributed by atoms with Crippen LogP contribution in [0.25, 0.3) is 11.0 Å². The normalized spacial score (nSPS) is 17.2. The molecule has 1 aliphatic heterocycles. The van der Waals surface area contributed by atoms with Crippen molar-refractivity contribution in [3.63, 3.8) is 0 Å². The summed E-state index contributed by atoms with van der Waals surface area (Å²) in [4.78, 5) is 4.94. The van der Waals surface area contributed by atoms with Crippen LogP contribution in [0.4, 0.5) is 5.69 Å². The van der Waals surface area contributed by atoms with E-state index in [0.717, 1.165) is 12.1 Å². The van der Waals surface area contributed by atoms with Gasteiger partial charge in [-0.2, -0.15) is 0 Å². The molecule has 3 heteroatoms. The van der Waals surface area contributed by atoms with Gasteiger partial charge in [0.2, 0.25) is 0 Å². The number of fused-ring (bicyclic) bond motifs is 2. The number of anilines is 1. The summed E-state index contributed by atoms with van der Waals surface area (Å²) < 4.78 is 2.38. The lowest BCUT2D eigenvalue weighted by atomic mass is 10.0. The number of hydrogen-bond donors (Lipinski definition) is 1. The van der Waals surface area contributed by atoms with Crippen molar-refractivity contribution in [3.05, 3.63) is 59.9 Å². The van der Waals surface area contributed by atoms with Gasteiger partial charge in [0.1, 0.15) is 5.82 Å². The fourth-order valence-electron chi connectivity index (χ4n) is 3.37. The molecule has 0 spiro atoms. The highest BCUT2D eigenvalue weighted by molar-refractivity contribution is 5.77. The maximum atomic E-state index is 4.94. The highest BCUT2D eigenvalue weighted by Crippen LogP contribution is 2.37. The monoisotopic (exact) mass is 277 g/mol. The summed E-state index contributed by atoms with van der Waals surface area (Å²) in [5, 5.41) is 3.51. The number of benzene rings is 2. The van der Waals surface area contributed by atoms with E-state index in [1.54, 1.807) is 0 Å². The Morgan fingerprint density at radius 1 is 1.10 bits per heavy atom. The van der Waals surface area contributed by atoms with Gasteiger partial charge in [-0.25, -0.2) is 4.98 Å². The number of nitrogens with one attached hydrogen (secondary N) is 1. The van der Waals surface area contributed by atoms with Crippen molar-refractivity contribution in [2.24, 2.45) is 0 Å². The van der Waals surface area contributed by atoms with E-state index in [4.69, 9.17) is 4.98 Å². The number of rotatable bonds is 2. The summed E-state index contributed by atoms with van der Waals surface area (Å²) >= 11 is 0. The molecule has 1 unspecified atom stereocenters.